The molecule has 6 nitrogen and oxygen atoms in total. The Bertz CT molecular complexity index is 1170. The Morgan fingerprint density at radius 2 is 1.50 bits per heavy atom. The topological polar surface area (TPSA) is 104 Å². The number of hydrogen-bond donors (Lipinski definition) is 3. The number of hydrogen-bond acceptors (Lipinski definition) is 3. The second-order valence-corrected chi connectivity index (χ2v) is 17.5. The third-order valence-corrected chi connectivity index (χ3v) is 15.0. The molecule has 0 saturated heterocycles. The first kappa shape index (κ1) is 31.6. The van der Waals surface area contributed by atoms with E-state index in [9.17, 15) is 24.6 Å². The zero-order valence-corrected chi connectivity index (χ0v) is 27.6. The quantitative estimate of drug-likeness (QED) is 0.278. The van der Waals surface area contributed by atoms with Gasteiger partial charge in [0.15, 0.2) is 0 Å². The van der Waals surface area contributed by atoms with Crippen LogP contribution in [0.3, 0.4) is 0 Å². The van der Waals surface area contributed by atoms with Crippen LogP contribution in [-0.4, -0.2) is 34.1 Å². The molecule has 0 aromatic rings. The molecule has 0 aromatic carbocycles. The van der Waals surface area contributed by atoms with Crippen molar-refractivity contribution in [3.8, 4) is 0 Å². The van der Waals surface area contributed by atoms with Gasteiger partial charge in [-0.3, -0.25) is 14.4 Å². The summed E-state index contributed by atoms with van der Waals surface area (Å²) in [5, 5.41) is 23.4. The highest BCUT2D eigenvalue weighted by Gasteiger charge is 2.72. The maximum atomic E-state index is 13.1. The molecular weight excluding hydrogens is 526 g/mol. The highest BCUT2D eigenvalue weighted by atomic mass is 16.4. The lowest BCUT2D eigenvalue weighted by atomic mass is 9.32. The van der Waals surface area contributed by atoms with Crippen LogP contribution in [0.25, 0.3) is 0 Å². The van der Waals surface area contributed by atoms with Crippen molar-refractivity contribution in [1.29, 1.82) is 0 Å². The predicted octanol–water partition coefficient (Wildman–Crippen LogP) is 7.71. The zero-order chi connectivity index (χ0) is 31.3. The van der Waals surface area contributed by atoms with Gasteiger partial charge in [-0.25, -0.2) is 0 Å². The van der Waals surface area contributed by atoms with Gasteiger partial charge >= 0.3 is 11.9 Å². The lowest BCUT2D eigenvalue weighted by molar-refractivity contribution is -0.240. The molecule has 5 aliphatic rings. The number of fused-ring (bicyclic) bond motifs is 7. The fraction of sp³-hybridized carbons (Fsp3) is 0.861. The summed E-state index contributed by atoms with van der Waals surface area (Å²) < 4.78 is 0. The molecule has 42 heavy (non-hydrogen) atoms. The molecule has 3 N–H and O–H groups in total. The summed E-state index contributed by atoms with van der Waals surface area (Å²) >= 11 is 0. The molecule has 0 aliphatic heterocycles. The van der Waals surface area contributed by atoms with E-state index < -0.39 is 22.8 Å². The van der Waals surface area contributed by atoms with Crippen LogP contribution in [0, 0.1) is 62.1 Å². The first-order chi connectivity index (χ1) is 19.3. The van der Waals surface area contributed by atoms with Crippen LogP contribution in [0.1, 0.15) is 126 Å². The van der Waals surface area contributed by atoms with Crippen LogP contribution >= 0.6 is 0 Å². The molecule has 5 aliphatic carbocycles. The van der Waals surface area contributed by atoms with Crippen LogP contribution in [0.4, 0.5) is 0 Å². The largest absolute Gasteiger partial charge is 0.481 e. The summed E-state index contributed by atoms with van der Waals surface area (Å²) in [6.45, 7) is 22.0. The number of allylic oxidation sites excluding steroid dienone is 1. The first-order valence-electron chi connectivity index (χ1n) is 16.7. The highest BCUT2D eigenvalue weighted by Crippen LogP contribution is 2.77. The van der Waals surface area contributed by atoms with Crippen LogP contribution in [0.2, 0.25) is 0 Å². The van der Waals surface area contributed by atoms with Gasteiger partial charge in [0.25, 0.3) is 0 Å². The SMILES string of the molecule is C=C(C)[C@@H]1CC[C@]2(C(=O)O)CC[C@]3(C)[C@H](CC[C@@H]4[C@@]5(C)CC[C@H](NC(=O)CC(C)(C)C(=O)O)C(C)(C)[C@@H]5CC[C@]43C)[C@@H]12. The van der Waals surface area contributed by atoms with Crippen LogP contribution in [0.5, 0.6) is 0 Å². The highest BCUT2D eigenvalue weighted by molar-refractivity contribution is 5.84. The fourth-order valence-corrected chi connectivity index (χ4v) is 12.5. The van der Waals surface area contributed by atoms with E-state index in [4.69, 9.17) is 0 Å². The second kappa shape index (κ2) is 9.83. The van der Waals surface area contributed by atoms with Crippen molar-refractivity contribution in [3.05, 3.63) is 12.2 Å². The predicted molar refractivity (Wildman–Crippen MR) is 165 cm³/mol. The Hall–Kier alpha value is -1.85. The maximum absolute atomic E-state index is 13.1. The summed E-state index contributed by atoms with van der Waals surface area (Å²) in [5.74, 6) is 0.253. The number of carboxylic acids is 2. The maximum Gasteiger partial charge on any atom is 0.309 e. The number of carbonyl (C=O) groups excluding carboxylic acids is 1. The van der Waals surface area contributed by atoms with E-state index >= 15 is 0 Å². The monoisotopic (exact) mass is 583 g/mol. The average Bonchev–Trinajstić information content (AvgIpc) is 3.27. The minimum Gasteiger partial charge on any atom is -0.481 e. The van der Waals surface area contributed by atoms with Crippen molar-refractivity contribution >= 4 is 17.8 Å². The summed E-state index contributed by atoms with van der Waals surface area (Å²) in [6.07, 6.45) is 10.0. The van der Waals surface area contributed by atoms with Crippen LogP contribution in [0.15, 0.2) is 12.2 Å². The molecule has 0 radical (unpaired) electrons. The van der Waals surface area contributed by atoms with Crippen molar-refractivity contribution in [2.75, 3.05) is 0 Å². The zero-order valence-electron chi connectivity index (χ0n) is 27.6. The van der Waals surface area contributed by atoms with Gasteiger partial charge in [-0.15, -0.1) is 0 Å². The van der Waals surface area contributed by atoms with Gasteiger partial charge in [-0.2, -0.15) is 0 Å². The third kappa shape index (κ3) is 4.19. The van der Waals surface area contributed by atoms with Crippen LogP contribution < -0.4 is 5.32 Å². The molecule has 1 amide bonds. The van der Waals surface area contributed by atoms with E-state index in [0.29, 0.717) is 23.7 Å². The lowest BCUT2D eigenvalue weighted by Gasteiger charge is -2.73. The molecule has 5 fully saturated rings. The van der Waals surface area contributed by atoms with Gasteiger partial charge in [-0.05, 0) is 136 Å². The number of rotatable bonds is 6. The molecule has 0 unspecified atom stereocenters. The number of nitrogens with one attached hydrogen (secondary N) is 1. The smallest absolute Gasteiger partial charge is 0.309 e. The molecule has 5 rings (SSSR count). The molecule has 236 valence electrons. The van der Waals surface area contributed by atoms with Gasteiger partial charge in [0, 0.05) is 12.5 Å². The van der Waals surface area contributed by atoms with E-state index in [1.54, 1.807) is 13.8 Å². The molecule has 0 bridgehead atoms. The molecule has 6 heteroatoms. The van der Waals surface area contributed by atoms with E-state index in [2.05, 4.69) is 53.4 Å². The van der Waals surface area contributed by atoms with Crippen molar-refractivity contribution in [2.45, 2.75) is 132 Å². The summed E-state index contributed by atoms with van der Waals surface area (Å²) in [6, 6.07) is 0.0321. The normalized spacial score (nSPS) is 45.9. The van der Waals surface area contributed by atoms with Crippen LogP contribution in [-0.2, 0) is 14.4 Å². The Morgan fingerprint density at radius 1 is 0.833 bits per heavy atom. The summed E-state index contributed by atoms with van der Waals surface area (Å²) in [5.41, 5.74) is -0.212. The van der Waals surface area contributed by atoms with Crippen molar-refractivity contribution < 1.29 is 24.6 Å². The van der Waals surface area contributed by atoms with Gasteiger partial charge in [-0.1, -0.05) is 46.8 Å². The number of amides is 1. The van der Waals surface area contributed by atoms with E-state index in [1.807, 2.05) is 0 Å². The van der Waals surface area contributed by atoms with Gasteiger partial charge in [0.2, 0.25) is 5.91 Å². The molecule has 5 saturated carbocycles. The van der Waals surface area contributed by atoms with Crippen molar-refractivity contribution in [1.82, 2.24) is 5.32 Å². The summed E-state index contributed by atoms with van der Waals surface area (Å²) in [7, 11) is 0. The molecule has 0 aromatic heterocycles. The average molecular weight is 584 g/mol. The Labute approximate surface area is 253 Å². The Kier molecular flexibility index (Phi) is 7.39. The minimum absolute atomic E-state index is 0.0124. The van der Waals surface area contributed by atoms with Crippen molar-refractivity contribution in [2.24, 2.45) is 62.1 Å². The van der Waals surface area contributed by atoms with E-state index in [0.717, 1.165) is 64.2 Å². The summed E-state index contributed by atoms with van der Waals surface area (Å²) in [4.78, 5) is 37.6. The van der Waals surface area contributed by atoms with Gasteiger partial charge in [0.05, 0.1) is 10.8 Å². The molecule has 10 atom stereocenters. The Morgan fingerprint density at radius 3 is 2.10 bits per heavy atom. The number of carbonyl (C=O) groups is 3. The third-order valence-electron chi connectivity index (χ3n) is 15.0. The molecular formula is C36H57NO5. The van der Waals surface area contributed by atoms with Crippen molar-refractivity contribution in [3.63, 3.8) is 0 Å². The first-order valence-corrected chi connectivity index (χ1v) is 16.7. The Balaban J connectivity index is 1.42. The lowest BCUT2D eigenvalue weighted by Crippen LogP contribution is -2.68. The fourth-order valence-electron chi connectivity index (χ4n) is 12.5. The second-order valence-electron chi connectivity index (χ2n) is 17.5. The van der Waals surface area contributed by atoms with Gasteiger partial charge in [0.1, 0.15) is 0 Å². The molecule has 0 heterocycles. The standard InChI is InChI=1S/C36H57NO5/c1-21(2)22-12-17-36(30(41)42)19-18-34(8)23(28(22)36)10-11-25-33(7)15-14-26(37-27(38)20-31(3,4)29(39)40)32(5,6)24(33)13-16-35(25,34)9/h22-26,28H,1,10-20H2,2-9H3,(H,37,38)(H,39,40)(H,41,42)/t22-,23+,24-,25+,26-,28+,33-,34+,35+,36-/m0/s1. The molecule has 0 spiro atoms. The number of carboxylic acid groups (broad SMARTS) is 2. The van der Waals surface area contributed by atoms with E-state index in [1.165, 1.54) is 5.57 Å². The minimum atomic E-state index is -1.08. The number of aliphatic carboxylic acids is 2. The van der Waals surface area contributed by atoms with E-state index in [-0.39, 0.29) is 45.9 Å². The van der Waals surface area contributed by atoms with Gasteiger partial charge < -0.3 is 15.5 Å².